The van der Waals surface area contributed by atoms with Crippen molar-refractivity contribution >= 4 is 23.9 Å². The first kappa shape index (κ1) is 36.0. The van der Waals surface area contributed by atoms with Gasteiger partial charge >= 0.3 is 12.1 Å². The largest absolute Gasteiger partial charge is 0.458 e. The highest BCUT2D eigenvalue weighted by molar-refractivity contribution is 5.94. The lowest BCUT2D eigenvalue weighted by Crippen LogP contribution is -2.56. The lowest BCUT2D eigenvalue weighted by molar-refractivity contribution is -0.159. The van der Waals surface area contributed by atoms with Crippen molar-refractivity contribution in [1.29, 1.82) is 0 Å². The summed E-state index contributed by atoms with van der Waals surface area (Å²) >= 11 is 0. The maximum absolute atomic E-state index is 14.3. The lowest BCUT2D eigenvalue weighted by Gasteiger charge is -2.35. The van der Waals surface area contributed by atoms with Gasteiger partial charge in [-0.2, -0.15) is 0 Å². The van der Waals surface area contributed by atoms with Crippen LogP contribution in [0.5, 0.6) is 0 Å². The maximum Gasteiger partial charge on any atom is 0.408 e. The van der Waals surface area contributed by atoms with Crippen LogP contribution in [0.25, 0.3) is 0 Å². The number of ether oxygens (including phenoxy) is 2. The highest BCUT2D eigenvalue weighted by atomic mass is 16.6. The fraction of sp³-hybridized carbons (Fsp3) is 0.471. The van der Waals surface area contributed by atoms with E-state index in [-0.39, 0.29) is 13.0 Å². The first-order valence-corrected chi connectivity index (χ1v) is 14.6. The van der Waals surface area contributed by atoms with Gasteiger partial charge in [-0.3, -0.25) is 9.59 Å². The summed E-state index contributed by atoms with van der Waals surface area (Å²) in [5.41, 5.74) is 1.21. The van der Waals surface area contributed by atoms with Crippen LogP contribution in [0.4, 0.5) is 4.79 Å². The number of benzene rings is 2. The third-order valence-electron chi connectivity index (χ3n) is 6.36. The van der Waals surface area contributed by atoms with E-state index in [1.165, 1.54) is 11.0 Å². The monoisotopic (exact) mass is 609 g/mol. The zero-order valence-electron chi connectivity index (χ0n) is 27.1. The standard InChI is InChI=1S/C34H47N3O7/c1-10-18-37(30(40)27(21-38)36-32(42)44-34(7,8)9)28(25-19-22(2)16-17-23(25)3)29(39)35-26(31(41)43-33(4,5)6)20-24-14-12-11-13-15-24/h10-17,19,26-28,38H,1,18,20-21H2,2-9H3,(H,35,39)(H,36,42). The molecular formula is C34H47N3O7. The van der Waals surface area contributed by atoms with Crippen molar-refractivity contribution in [1.82, 2.24) is 15.5 Å². The number of nitrogens with one attached hydrogen (secondary N) is 2. The molecule has 0 bridgehead atoms. The van der Waals surface area contributed by atoms with Crippen molar-refractivity contribution in [2.75, 3.05) is 13.2 Å². The summed E-state index contributed by atoms with van der Waals surface area (Å²) < 4.78 is 10.9. The highest BCUT2D eigenvalue weighted by Crippen LogP contribution is 2.27. The number of carbonyl (C=O) groups is 4. The zero-order chi connectivity index (χ0) is 33.2. The van der Waals surface area contributed by atoms with Gasteiger partial charge in [0.15, 0.2) is 0 Å². The summed E-state index contributed by atoms with van der Waals surface area (Å²) in [7, 11) is 0. The summed E-state index contributed by atoms with van der Waals surface area (Å²) in [6, 6.07) is 10.9. The Kier molecular flexibility index (Phi) is 12.7. The van der Waals surface area contributed by atoms with Crippen LogP contribution in [0, 0.1) is 13.8 Å². The molecule has 0 aliphatic rings. The Morgan fingerprint density at radius 1 is 0.909 bits per heavy atom. The molecule has 3 atom stereocenters. The number of nitrogens with zero attached hydrogens (tertiary/aromatic N) is 1. The molecule has 44 heavy (non-hydrogen) atoms. The van der Waals surface area contributed by atoms with Gasteiger partial charge in [0.2, 0.25) is 11.8 Å². The lowest BCUT2D eigenvalue weighted by atomic mass is 9.95. The third-order valence-corrected chi connectivity index (χ3v) is 6.36. The minimum Gasteiger partial charge on any atom is -0.458 e. The Morgan fingerprint density at radius 2 is 1.52 bits per heavy atom. The van der Waals surface area contributed by atoms with Gasteiger partial charge < -0.3 is 30.1 Å². The van der Waals surface area contributed by atoms with E-state index in [0.717, 1.165) is 16.7 Å². The number of aliphatic hydroxyl groups excluding tert-OH is 1. The van der Waals surface area contributed by atoms with Crippen molar-refractivity contribution in [3.05, 3.63) is 83.4 Å². The maximum atomic E-state index is 14.3. The van der Waals surface area contributed by atoms with Gasteiger partial charge in [0.05, 0.1) is 6.61 Å². The summed E-state index contributed by atoms with van der Waals surface area (Å²) in [6.07, 6.45) is 0.695. The molecule has 0 saturated heterocycles. The van der Waals surface area contributed by atoms with E-state index in [2.05, 4.69) is 17.2 Å². The molecular weight excluding hydrogens is 562 g/mol. The van der Waals surface area contributed by atoms with Crippen LogP contribution in [0.3, 0.4) is 0 Å². The number of alkyl carbamates (subject to hydrolysis) is 1. The van der Waals surface area contributed by atoms with E-state index in [0.29, 0.717) is 5.56 Å². The van der Waals surface area contributed by atoms with E-state index in [1.54, 1.807) is 47.6 Å². The van der Waals surface area contributed by atoms with Crippen molar-refractivity contribution in [2.45, 2.75) is 91.1 Å². The molecule has 10 heteroatoms. The number of carbonyl (C=O) groups excluding carboxylic acids is 4. The van der Waals surface area contributed by atoms with E-state index in [1.807, 2.05) is 56.3 Å². The first-order valence-electron chi connectivity index (χ1n) is 14.6. The number of aliphatic hydroxyl groups is 1. The highest BCUT2D eigenvalue weighted by Gasteiger charge is 2.38. The van der Waals surface area contributed by atoms with Gasteiger partial charge in [-0.15, -0.1) is 6.58 Å². The summed E-state index contributed by atoms with van der Waals surface area (Å²) in [6.45, 7) is 16.8. The normalized spacial score (nSPS) is 13.6. The number of hydrogen-bond donors (Lipinski definition) is 3. The van der Waals surface area contributed by atoms with Gasteiger partial charge in [0, 0.05) is 13.0 Å². The van der Waals surface area contributed by atoms with E-state index in [9.17, 15) is 24.3 Å². The minimum atomic E-state index is -1.42. The summed E-state index contributed by atoms with van der Waals surface area (Å²) in [5.74, 6) is -2.01. The second-order valence-electron chi connectivity index (χ2n) is 12.7. The van der Waals surface area contributed by atoms with E-state index < -0.39 is 59.8 Å². The summed E-state index contributed by atoms with van der Waals surface area (Å²) in [4.78, 5) is 55.4. The molecule has 10 nitrogen and oxygen atoms in total. The number of aryl methyl sites for hydroxylation is 2. The van der Waals surface area contributed by atoms with Gasteiger partial charge in [0.1, 0.15) is 29.3 Å². The topological polar surface area (TPSA) is 134 Å². The van der Waals surface area contributed by atoms with Crippen molar-refractivity contribution < 1.29 is 33.8 Å². The van der Waals surface area contributed by atoms with Crippen molar-refractivity contribution in [3.8, 4) is 0 Å². The molecule has 2 rings (SSSR count). The van der Waals surface area contributed by atoms with Crippen LogP contribution in [0.1, 0.15) is 69.8 Å². The van der Waals surface area contributed by atoms with Crippen molar-refractivity contribution in [3.63, 3.8) is 0 Å². The van der Waals surface area contributed by atoms with Crippen LogP contribution < -0.4 is 10.6 Å². The Bertz CT molecular complexity index is 1310. The van der Waals surface area contributed by atoms with E-state index >= 15 is 0 Å². The molecule has 3 N–H and O–H groups in total. The molecule has 0 aliphatic heterocycles. The SMILES string of the molecule is C=CCN(C(=O)C(CO)NC(=O)OC(C)(C)C)C(C(=O)NC(Cc1ccccc1)C(=O)OC(C)(C)C)c1cc(C)ccc1C. The molecule has 3 unspecified atom stereocenters. The Morgan fingerprint density at radius 3 is 2.07 bits per heavy atom. The molecule has 0 aliphatic carbocycles. The predicted molar refractivity (Wildman–Crippen MR) is 169 cm³/mol. The Balaban J connectivity index is 2.58. The van der Waals surface area contributed by atoms with Crippen molar-refractivity contribution in [2.24, 2.45) is 0 Å². The Labute approximate surface area is 260 Å². The van der Waals surface area contributed by atoms with Crippen LogP contribution in [-0.4, -0.2) is 70.3 Å². The molecule has 0 aromatic heterocycles. The predicted octanol–water partition coefficient (Wildman–Crippen LogP) is 4.31. The molecule has 240 valence electrons. The second-order valence-corrected chi connectivity index (χ2v) is 12.7. The average Bonchev–Trinajstić information content (AvgIpc) is 2.91. The molecule has 2 aromatic carbocycles. The quantitative estimate of drug-likeness (QED) is 0.241. The number of esters is 1. The fourth-order valence-electron chi connectivity index (χ4n) is 4.47. The van der Waals surface area contributed by atoms with Crippen LogP contribution >= 0.6 is 0 Å². The van der Waals surface area contributed by atoms with Crippen LogP contribution in [-0.2, 0) is 30.3 Å². The average molecular weight is 610 g/mol. The van der Waals surface area contributed by atoms with Crippen LogP contribution in [0.15, 0.2) is 61.2 Å². The van der Waals surface area contributed by atoms with Crippen LogP contribution in [0.2, 0.25) is 0 Å². The molecule has 0 fully saturated rings. The Hall–Kier alpha value is -4.18. The molecule has 0 saturated carbocycles. The molecule has 2 aromatic rings. The van der Waals surface area contributed by atoms with Gasteiger partial charge in [-0.05, 0) is 72.1 Å². The summed E-state index contributed by atoms with van der Waals surface area (Å²) in [5, 5.41) is 15.4. The molecule has 0 spiro atoms. The number of rotatable bonds is 12. The first-order chi connectivity index (χ1) is 20.5. The second kappa shape index (κ2) is 15.5. The number of amides is 3. The minimum absolute atomic E-state index is 0.105. The zero-order valence-corrected chi connectivity index (χ0v) is 27.1. The third kappa shape index (κ3) is 11.1. The molecule has 3 amide bonds. The van der Waals surface area contributed by atoms with Gasteiger partial charge in [0.25, 0.3) is 0 Å². The smallest absolute Gasteiger partial charge is 0.408 e. The molecule has 0 heterocycles. The van der Waals surface area contributed by atoms with Gasteiger partial charge in [-0.1, -0.05) is 60.2 Å². The fourth-order valence-corrected chi connectivity index (χ4v) is 4.47. The number of hydrogen-bond acceptors (Lipinski definition) is 7. The molecule has 0 radical (unpaired) electrons. The van der Waals surface area contributed by atoms with E-state index in [4.69, 9.17) is 9.47 Å². The van der Waals surface area contributed by atoms with Gasteiger partial charge in [-0.25, -0.2) is 9.59 Å².